The molecule has 0 saturated carbocycles. The molecule has 1 atom stereocenters. The quantitative estimate of drug-likeness (QED) is 0.712. The van der Waals surface area contributed by atoms with E-state index in [0.29, 0.717) is 23.4 Å². The molecule has 0 aliphatic heterocycles. The molecule has 5 nitrogen and oxygen atoms in total. The zero-order valence-corrected chi connectivity index (χ0v) is 15.5. The maximum atomic E-state index is 12.9. The SMILES string of the molecule is CCCCC(=O)O[C@H](C(=O)Nc1cc(C)ccc1OC)c1ccccc1. The van der Waals surface area contributed by atoms with Crippen LogP contribution in [0.1, 0.15) is 43.4 Å². The molecule has 2 aromatic carbocycles. The summed E-state index contributed by atoms with van der Waals surface area (Å²) < 4.78 is 10.8. The minimum absolute atomic E-state index is 0.293. The molecule has 5 heteroatoms. The fourth-order valence-corrected chi connectivity index (χ4v) is 2.53. The van der Waals surface area contributed by atoms with Gasteiger partial charge in [-0.1, -0.05) is 49.7 Å². The molecule has 1 amide bonds. The predicted molar refractivity (Wildman–Crippen MR) is 101 cm³/mol. The lowest BCUT2D eigenvalue weighted by Gasteiger charge is -2.19. The molecule has 0 saturated heterocycles. The normalized spacial score (nSPS) is 11.5. The van der Waals surface area contributed by atoms with Gasteiger partial charge in [-0.05, 0) is 31.0 Å². The van der Waals surface area contributed by atoms with Crippen molar-refractivity contribution in [3.8, 4) is 5.75 Å². The van der Waals surface area contributed by atoms with E-state index in [2.05, 4.69) is 5.32 Å². The highest BCUT2D eigenvalue weighted by Crippen LogP contribution is 2.28. The third kappa shape index (κ3) is 5.34. The number of aryl methyl sites for hydroxylation is 1. The summed E-state index contributed by atoms with van der Waals surface area (Å²) in [7, 11) is 1.54. The number of hydrogen-bond acceptors (Lipinski definition) is 4. The van der Waals surface area contributed by atoms with Crippen molar-refractivity contribution >= 4 is 17.6 Å². The topological polar surface area (TPSA) is 64.6 Å². The van der Waals surface area contributed by atoms with Crippen molar-refractivity contribution in [2.24, 2.45) is 0 Å². The molecule has 0 radical (unpaired) electrons. The monoisotopic (exact) mass is 355 g/mol. The van der Waals surface area contributed by atoms with Crippen molar-refractivity contribution in [2.45, 2.75) is 39.2 Å². The average molecular weight is 355 g/mol. The number of carbonyl (C=O) groups excluding carboxylic acids is 2. The van der Waals surface area contributed by atoms with Crippen molar-refractivity contribution in [1.82, 2.24) is 0 Å². The zero-order valence-electron chi connectivity index (χ0n) is 15.5. The second-order valence-corrected chi connectivity index (χ2v) is 6.08. The number of anilines is 1. The van der Waals surface area contributed by atoms with E-state index in [4.69, 9.17) is 9.47 Å². The third-order valence-corrected chi connectivity index (χ3v) is 3.94. The van der Waals surface area contributed by atoms with Crippen LogP contribution in [-0.2, 0) is 14.3 Å². The van der Waals surface area contributed by atoms with Crippen LogP contribution in [-0.4, -0.2) is 19.0 Å². The number of hydrogen-bond donors (Lipinski definition) is 1. The fourth-order valence-electron chi connectivity index (χ4n) is 2.53. The van der Waals surface area contributed by atoms with E-state index in [9.17, 15) is 9.59 Å². The van der Waals surface area contributed by atoms with Gasteiger partial charge in [-0.3, -0.25) is 9.59 Å². The van der Waals surface area contributed by atoms with Crippen LogP contribution >= 0.6 is 0 Å². The maximum Gasteiger partial charge on any atom is 0.306 e. The van der Waals surface area contributed by atoms with Gasteiger partial charge in [0.05, 0.1) is 12.8 Å². The van der Waals surface area contributed by atoms with E-state index in [1.54, 1.807) is 25.3 Å². The summed E-state index contributed by atoms with van der Waals surface area (Å²) in [5, 5.41) is 2.82. The molecule has 1 N–H and O–H groups in total. The Morgan fingerprint density at radius 2 is 1.85 bits per heavy atom. The van der Waals surface area contributed by atoms with Crippen LogP contribution in [0.4, 0.5) is 5.69 Å². The van der Waals surface area contributed by atoms with Crippen LogP contribution in [0.15, 0.2) is 48.5 Å². The smallest absolute Gasteiger partial charge is 0.306 e. The van der Waals surface area contributed by atoms with Crippen molar-refractivity contribution < 1.29 is 19.1 Å². The number of ether oxygens (including phenoxy) is 2. The van der Waals surface area contributed by atoms with Gasteiger partial charge < -0.3 is 14.8 Å². The van der Waals surface area contributed by atoms with Crippen LogP contribution in [0.25, 0.3) is 0 Å². The number of carbonyl (C=O) groups is 2. The number of benzene rings is 2. The zero-order chi connectivity index (χ0) is 18.9. The Kier molecular flexibility index (Phi) is 7.21. The number of rotatable bonds is 8. The molecule has 2 rings (SSSR count). The number of methoxy groups -OCH3 is 1. The van der Waals surface area contributed by atoms with Gasteiger partial charge in [0.25, 0.3) is 5.91 Å². The van der Waals surface area contributed by atoms with E-state index in [-0.39, 0.29) is 5.97 Å². The second kappa shape index (κ2) is 9.61. The minimum Gasteiger partial charge on any atom is -0.495 e. The highest BCUT2D eigenvalue weighted by Gasteiger charge is 2.25. The van der Waals surface area contributed by atoms with Crippen LogP contribution < -0.4 is 10.1 Å². The van der Waals surface area contributed by atoms with Gasteiger partial charge in [0.2, 0.25) is 6.10 Å². The highest BCUT2D eigenvalue weighted by molar-refractivity contribution is 5.97. The number of nitrogens with one attached hydrogen (secondary N) is 1. The summed E-state index contributed by atoms with van der Waals surface area (Å²) in [5.41, 5.74) is 2.15. The first-order chi connectivity index (χ1) is 12.5. The summed E-state index contributed by atoms with van der Waals surface area (Å²) in [6.07, 6.45) is 0.901. The van der Waals surface area contributed by atoms with Gasteiger partial charge >= 0.3 is 5.97 Å². The second-order valence-electron chi connectivity index (χ2n) is 6.08. The molecule has 0 spiro atoms. The summed E-state index contributed by atoms with van der Waals surface area (Å²) in [5.74, 6) is -0.245. The summed E-state index contributed by atoms with van der Waals surface area (Å²) in [4.78, 5) is 25.0. The van der Waals surface area contributed by atoms with E-state index < -0.39 is 12.0 Å². The van der Waals surface area contributed by atoms with Gasteiger partial charge in [-0.2, -0.15) is 0 Å². The summed E-state index contributed by atoms with van der Waals surface area (Å²) >= 11 is 0. The van der Waals surface area contributed by atoms with Gasteiger partial charge in [-0.25, -0.2) is 0 Å². The molecule has 2 aromatic rings. The average Bonchev–Trinajstić information content (AvgIpc) is 2.65. The summed E-state index contributed by atoms with van der Waals surface area (Å²) in [6, 6.07) is 14.5. The Morgan fingerprint density at radius 3 is 2.50 bits per heavy atom. The lowest BCUT2D eigenvalue weighted by molar-refractivity contribution is -0.154. The Labute approximate surface area is 154 Å². The van der Waals surface area contributed by atoms with Crippen molar-refractivity contribution in [1.29, 1.82) is 0 Å². The minimum atomic E-state index is -1.01. The standard InChI is InChI=1S/C21H25NO4/c1-4-5-11-19(23)26-20(16-9-7-6-8-10-16)21(24)22-17-14-15(2)12-13-18(17)25-3/h6-10,12-14,20H,4-5,11H2,1-3H3,(H,22,24)/t20-/m0/s1. The van der Waals surface area contributed by atoms with Crippen LogP contribution in [0.3, 0.4) is 0 Å². The Hall–Kier alpha value is -2.82. The molecule has 0 unspecified atom stereocenters. The van der Waals surface area contributed by atoms with Crippen molar-refractivity contribution in [3.63, 3.8) is 0 Å². The van der Waals surface area contributed by atoms with Gasteiger partial charge in [0.1, 0.15) is 5.75 Å². The van der Waals surface area contributed by atoms with Crippen LogP contribution in [0, 0.1) is 6.92 Å². The lowest BCUT2D eigenvalue weighted by atomic mass is 10.1. The summed E-state index contributed by atoms with van der Waals surface area (Å²) in [6.45, 7) is 3.92. The lowest BCUT2D eigenvalue weighted by Crippen LogP contribution is -2.26. The maximum absolute atomic E-state index is 12.9. The van der Waals surface area contributed by atoms with Crippen molar-refractivity contribution in [2.75, 3.05) is 12.4 Å². The number of esters is 1. The largest absolute Gasteiger partial charge is 0.495 e. The number of unbranched alkanes of at least 4 members (excludes halogenated alkanes) is 1. The molecule has 0 aromatic heterocycles. The Morgan fingerprint density at radius 1 is 1.12 bits per heavy atom. The number of amides is 1. The van der Waals surface area contributed by atoms with Gasteiger partial charge in [0.15, 0.2) is 0 Å². The molecule has 0 bridgehead atoms. The molecule has 0 aliphatic rings. The van der Waals surface area contributed by atoms with E-state index >= 15 is 0 Å². The first kappa shape index (κ1) is 19.5. The first-order valence-electron chi connectivity index (χ1n) is 8.75. The fraction of sp³-hybridized carbons (Fsp3) is 0.333. The molecule has 0 heterocycles. The third-order valence-electron chi connectivity index (χ3n) is 3.94. The van der Waals surface area contributed by atoms with E-state index in [1.807, 2.05) is 44.2 Å². The van der Waals surface area contributed by atoms with Crippen LogP contribution in [0.2, 0.25) is 0 Å². The molecule has 138 valence electrons. The van der Waals surface area contributed by atoms with Crippen molar-refractivity contribution in [3.05, 3.63) is 59.7 Å². The Bertz CT molecular complexity index is 743. The molecule has 0 aliphatic carbocycles. The molecular formula is C21H25NO4. The molecule has 26 heavy (non-hydrogen) atoms. The van der Waals surface area contributed by atoms with E-state index in [1.165, 1.54) is 0 Å². The van der Waals surface area contributed by atoms with Gasteiger partial charge in [-0.15, -0.1) is 0 Å². The van der Waals surface area contributed by atoms with Crippen LogP contribution in [0.5, 0.6) is 5.75 Å². The van der Waals surface area contributed by atoms with E-state index in [0.717, 1.165) is 18.4 Å². The Balaban J connectivity index is 2.23. The highest BCUT2D eigenvalue weighted by atomic mass is 16.5. The predicted octanol–water partition coefficient (Wildman–Crippen LogP) is 4.42. The molecule has 0 fully saturated rings. The first-order valence-corrected chi connectivity index (χ1v) is 8.75. The molecular weight excluding hydrogens is 330 g/mol. The van der Waals surface area contributed by atoms with Gasteiger partial charge in [0, 0.05) is 12.0 Å².